The summed E-state index contributed by atoms with van der Waals surface area (Å²) in [5.41, 5.74) is 3.52. The standard InChI is InChI=1S/C25H20ClN7O/c26-23-29-24(33(19-9-3-1-4-10-19)20-11-5-2-6-12-20)31-25(30-23)34-18-17-32-22(14-16-28-32)21-13-7-8-15-27-21/h1-16H,17-18H2. The zero-order valence-corrected chi connectivity index (χ0v) is 18.8. The third-order valence-corrected chi connectivity index (χ3v) is 5.15. The molecule has 168 valence electrons. The summed E-state index contributed by atoms with van der Waals surface area (Å²) in [5.74, 6) is 0.362. The number of anilines is 3. The van der Waals surface area contributed by atoms with E-state index in [0.29, 0.717) is 12.5 Å². The fraction of sp³-hybridized carbons (Fsp3) is 0.0800. The first-order valence-corrected chi connectivity index (χ1v) is 11.0. The van der Waals surface area contributed by atoms with Gasteiger partial charge in [-0.3, -0.25) is 14.6 Å². The van der Waals surface area contributed by atoms with Gasteiger partial charge in [0.05, 0.1) is 17.9 Å². The maximum Gasteiger partial charge on any atom is 0.322 e. The van der Waals surface area contributed by atoms with Crippen molar-refractivity contribution in [1.82, 2.24) is 29.7 Å². The summed E-state index contributed by atoms with van der Waals surface area (Å²) in [7, 11) is 0. The summed E-state index contributed by atoms with van der Waals surface area (Å²) in [5, 5.41) is 4.42. The Labute approximate surface area is 201 Å². The lowest BCUT2D eigenvalue weighted by molar-refractivity contribution is 0.270. The van der Waals surface area contributed by atoms with Crippen LogP contribution in [0.5, 0.6) is 6.01 Å². The Bertz CT molecular complexity index is 1310. The number of halogens is 1. The predicted octanol–water partition coefficient (Wildman–Crippen LogP) is 5.33. The Morgan fingerprint density at radius 3 is 2.15 bits per heavy atom. The molecule has 0 spiro atoms. The summed E-state index contributed by atoms with van der Waals surface area (Å²) < 4.78 is 7.68. The van der Waals surface area contributed by atoms with Gasteiger partial charge < -0.3 is 4.74 Å². The van der Waals surface area contributed by atoms with Crippen molar-refractivity contribution in [2.75, 3.05) is 11.5 Å². The zero-order valence-electron chi connectivity index (χ0n) is 18.1. The molecule has 3 aromatic heterocycles. The number of rotatable bonds is 8. The van der Waals surface area contributed by atoms with E-state index in [-0.39, 0.29) is 17.9 Å². The topological polar surface area (TPSA) is 81.8 Å². The van der Waals surface area contributed by atoms with Crippen molar-refractivity contribution in [3.8, 4) is 17.4 Å². The normalized spacial score (nSPS) is 10.7. The number of nitrogens with zero attached hydrogens (tertiary/aromatic N) is 7. The lowest BCUT2D eigenvalue weighted by Crippen LogP contribution is -2.16. The van der Waals surface area contributed by atoms with Crippen molar-refractivity contribution in [2.24, 2.45) is 0 Å². The lowest BCUT2D eigenvalue weighted by Gasteiger charge is -2.23. The first-order chi connectivity index (χ1) is 16.8. The van der Waals surface area contributed by atoms with Crippen LogP contribution in [0.1, 0.15) is 0 Å². The number of ether oxygens (including phenoxy) is 1. The molecule has 34 heavy (non-hydrogen) atoms. The second-order valence-electron chi connectivity index (χ2n) is 7.20. The molecule has 2 aromatic carbocycles. The van der Waals surface area contributed by atoms with Gasteiger partial charge in [0, 0.05) is 23.8 Å². The monoisotopic (exact) mass is 469 g/mol. The lowest BCUT2D eigenvalue weighted by atomic mass is 10.2. The van der Waals surface area contributed by atoms with Crippen LogP contribution >= 0.6 is 11.6 Å². The van der Waals surface area contributed by atoms with Gasteiger partial charge in [0.15, 0.2) is 0 Å². The molecule has 0 amide bonds. The van der Waals surface area contributed by atoms with Crippen LogP contribution < -0.4 is 9.64 Å². The molecule has 0 fully saturated rings. The second kappa shape index (κ2) is 10.1. The van der Waals surface area contributed by atoms with Gasteiger partial charge in [-0.2, -0.15) is 20.1 Å². The smallest absolute Gasteiger partial charge is 0.322 e. The van der Waals surface area contributed by atoms with Crippen LogP contribution in [0.3, 0.4) is 0 Å². The van der Waals surface area contributed by atoms with E-state index < -0.39 is 0 Å². The van der Waals surface area contributed by atoms with Gasteiger partial charge in [-0.15, -0.1) is 0 Å². The molecule has 3 heterocycles. The Hall–Kier alpha value is -4.30. The molecule has 0 aliphatic heterocycles. The summed E-state index contributed by atoms with van der Waals surface area (Å²) in [4.78, 5) is 19.3. The van der Waals surface area contributed by atoms with E-state index in [4.69, 9.17) is 16.3 Å². The second-order valence-corrected chi connectivity index (χ2v) is 7.53. The van der Waals surface area contributed by atoms with Gasteiger partial charge in [-0.1, -0.05) is 42.5 Å². The first-order valence-electron chi connectivity index (χ1n) is 10.7. The van der Waals surface area contributed by atoms with Crippen molar-refractivity contribution < 1.29 is 4.74 Å². The number of hydrogen-bond acceptors (Lipinski definition) is 7. The van der Waals surface area contributed by atoms with Crippen LogP contribution in [0, 0.1) is 0 Å². The van der Waals surface area contributed by atoms with E-state index in [2.05, 4.69) is 25.0 Å². The molecule has 0 saturated carbocycles. The molecule has 0 N–H and O–H groups in total. The fourth-order valence-electron chi connectivity index (χ4n) is 3.49. The van der Waals surface area contributed by atoms with Gasteiger partial charge in [0.25, 0.3) is 0 Å². The minimum atomic E-state index is 0.0464. The fourth-order valence-corrected chi connectivity index (χ4v) is 3.63. The Morgan fingerprint density at radius 1 is 0.765 bits per heavy atom. The SMILES string of the molecule is Clc1nc(OCCn2nccc2-c2ccccn2)nc(N(c2ccccc2)c2ccccc2)n1. The van der Waals surface area contributed by atoms with Crippen LogP contribution in [0.25, 0.3) is 11.4 Å². The molecule has 0 aliphatic rings. The van der Waals surface area contributed by atoms with Crippen molar-refractivity contribution in [3.63, 3.8) is 0 Å². The number of benzene rings is 2. The minimum absolute atomic E-state index is 0.0464. The van der Waals surface area contributed by atoms with Crippen LogP contribution in [0.2, 0.25) is 5.28 Å². The van der Waals surface area contributed by atoms with Crippen molar-refractivity contribution in [2.45, 2.75) is 6.54 Å². The zero-order chi connectivity index (χ0) is 23.2. The number of hydrogen-bond donors (Lipinski definition) is 0. The summed E-state index contributed by atoms with van der Waals surface area (Å²) >= 11 is 6.26. The molecule has 0 unspecified atom stereocenters. The van der Waals surface area contributed by atoms with Crippen LogP contribution in [0.4, 0.5) is 17.3 Å². The number of pyridine rings is 1. The highest BCUT2D eigenvalue weighted by Crippen LogP contribution is 2.32. The van der Waals surface area contributed by atoms with Gasteiger partial charge in [-0.05, 0) is 54.1 Å². The molecule has 8 nitrogen and oxygen atoms in total. The van der Waals surface area contributed by atoms with Gasteiger partial charge in [0.1, 0.15) is 6.61 Å². The van der Waals surface area contributed by atoms with E-state index in [1.807, 2.05) is 94.5 Å². The summed E-state index contributed by atoms with van der Waals surface area (Å²) in [6.07, 6.45) is 3.49. The van der Waals surface area contributed by atoms with Crippen LogP contribution in [0.15, 0.2) is 97.3 Å². The number of aromatic nitrogens is 6. The van der Waals surface area contributed by atoms with Gasteiger partial charge in [-0.25, -0.2) is 0 Å². The molecule has 0 radical (unpaired) electrons. The minimum Gasteiger partial charge on any atom is -0.461 e. The van der Waals surface area contributed by atoms with Crippen LogP contribution in [-0.4, -0.2) is 36.3 Å². The van der Waals surface area contributed by atoms with Crippen LogP contribution in [-0.2, 0) is 6.54 Å². The van der Waals surface area contributed by atoms with Crippen molar-refractivity contribution >= 4 is 28.9 Å². The van der Waals surface area contributed by atoms with Gasteiger partial charge in [0.2, 0.25) is 11.2 Å². The van der Waals surface area contributed by atoms with E-state index in [1.54, 1.807) is 12.4 Å². The maximum atomic E-state index is 6.26. The first kappa shape index (κ1) is 21.5. The quantitative estimate of drug-likeness (QED) is 0.303. The molecule has 5 aromatic rings. The molecule has 0 aliphatic carbocycles. The van der Waals surface area contributed by atoms with Gasteiger partial charge >= 0.3 is 6.01 Å². The molecule has 0 atom stereocenters. The average Bonchev–Trinajstić information content (AvgIpc) is 3.34. The van der Waals surface area contributed by atoms with E-state index in [9.17, 15) is 0 Å². The third kappa shape index (κ3) is 4.87. The molecular formula is C25H20ClN7O. The Balaban J connectivity index is 1.37. The Kier molecular flexibility index (Phi) is 6.40. The maximum absolute atomic E-state index is 6.26. The number of para-hydroxylation sites is 2. The van der Waals surface area contributed by atoms with E-state index >= 15 is 0 Å². The van der Waals surface area contributed by atoms with E-state index in [0.717, 1.165) is 22.8 Å². The van der Waals surface area contributed by atoms with E-state index in [1.165, 1.54) is 0 Å². The highest BCUT2D eigenvalue weighted by atomic mass is 35.5. The summed E-state index contributed by atoms with van der Waals surface area (Å²) in [6.45, 7) is 0.774. The molecule has 0 saturated heterocycles. The molecular weight excluding hydrogens is 450 g/mol. The average molecular weight is 470 g/mol. The highest BCUT2D eigenvalue weighted by Gasteiger charge is 2.18. The van der Waals surface area contributed by atoms with Crippen molar-refractivity contribution in [3.05, 3.63) is 103 Å². The Morgan fingerprint density at radius 2 is 1.47 bits per heavy atom. The third-order valence-electron chi connectivity index (χ3n) is 4.98. The predicted molar refractivity (Wildman–Crippen MR) is 130 cm³/mol. The summed E-state index contributed by atoms with van der Waals surface area (Å²) in [6, 6.07) is 27.4. The van der Waals surface area contributed by atoms with Crippen molar-refractivity contribution in [1.29, 1.82) is 0 Å². The molecule has 9 heteroatoms. The highest BCUT2D eigenvalue weighted by molar-refractivity contribution is 6.28. The largest absolute Gasteiger partial charge is 0.461 e. The molecule has 0 bridgehead atoms. The molecule has 5 rings (SSSR count).